The van der Waals surface area contributed by atoms with Crippen LogP contribution in [0.2, 0.25) is 0 Å². The summed E-state index contributed by atoms with van der Waals surface area (Å²) in [7, 11) is 0. The van der Waals surface area contributed by atoms with Gasteiger partial charge in [0.05, 0.1) is 29.2 Å². The van der Waals surface area contributed by atoms with Crippen LogP contribution in [0.5, 0.6) is 0 Å². The maximum Gasteiger partial charge on any atom is 0.270 e. The van der Waals surface area contributed by atoms with Gasteiger partial charge in [-0.1, -0.05) is 12.1 Å². The second kappa shape index (κ2) is 8.44. The summed E-state index contributed by atoms with van der Waals surface area (Å²) < 4.78 is 7.61. The molecule has 4 aromatic rings. The lowest BCUT2D eigenvalue weighted by molar-refractivity contribution is 0.238. The SMILES string of the molecule is Cc1cn(-c2ccc(Cc3cc(C4CC4)nn([C@@H](CO)c4ccns4)c3=O)cc2C)cn1. The number of aromatic nitrogens is 5. The van der Waals surface area contributed by atoms with Crippen molar-refractivity contribution in [1.29, 1.82) is 0 Å². The summed E-state index contributed by atoms with van der Waals surface area (Å²) in [6.45, 7) is 3.85. The minimum Gasteiger partial charge on any atom is -0.394 e. The highest BCUT2D eigenvalue weighted by molar-refractivity contribution is 7.05. The van der Waals surface area contributed by atoms with Crippen molar-refractivity contribution in [2.75, 3.05) is 6.61 Å². The Morgan fingerprint density at radius 3 is 2.69 bits per heavy atom. The van der Waals surface area contributed by atoms with Gasteiger partial charge in [0.15, 0.2) is 0 Å². The topological polar surface area (TPSA) is 85.8 Å². The largest absolute Gasteiger partial charge is 0.394 e. The summed E-state index contributed by atoms with van der Waals surface area (Å²) in [6.07, 6.45) is 8.20. The zero-order chi connectivity index (χ0) is 22.2. The van der Waals surface area contributed by atoms with Crippen molar-refractivity contribution in [1.82, 2.24) is 23.7 Å². The van der Waals surface area contributed by atoms with Crippen molar-refractivity contribution in [2.45, 2.75) is 45.1 Å². The molecule has 1 fully saturated rings. The van der Waals surface area contributed by atoms with E-state index >= 15 is 0 Å². The number of aliphatic hydroxyl groups is 1. The van der Waals surface area contributed by atoms with Gasteiger partial charge in [0.1, 0.15) is 6.04 Å². The Morgan fingerprint density at radius 2 is 2.06 bits per heavy atom. The van der Waals surface area contributed by atoms with Crippen molar-refractivity contribution in [2.24, 2.45) is 0 Å². The third-order valence-corrected chi connectivity index (χ3v) is 6.77. The first kappa shape index (κ1) is 20.8. The molecule has 0 saturated heterocycles. The predicted octanol–water partition coefficient (Wildman–Crippen LogP) is 3.55. The molecule has 0 aliphatic heterocycles. The van der Waals surface area contributed by atoms with E-state index in [0.29, 0.717) is 17.9 Å². The lowest BCUT2D eigenvalue weighted by Gasteiger charge is -2.17. The lowest BCUT2D eigenvalue weighted by Crippen LogP contribution is -2.33. The number of nitrogens with zero attached hydrogens (tertiary/aromatic N) is 5. The predicted molar refractivity (Wildman–Crippen MR) is 124 cm³/mol. The highest BCUT2D eigenvalue weighted by Gasteiger charge is 2.28. The summed E-state index contributed by atoms with van der Waals surface area (Å²) in [4.78, 5) is 18.5. The van der Waals surface area contributed by atoms with Crippen LogP contribution in [-0.2, 0) is 6.42 Å². The van der Waals surface area contributed by atoms with Crippen molar-refractivity contribution in [3.8, 4) is 5.69 Å². The second-order valence-electron chi connectivity index (χ2n) is 8.45. The highest BCUT2D eigenvalue weighted by Crippen LogP contribution is 2.39. The van der Waals surface area contributed by atoms with Crippen molar-refractivity contribution in [3.63, 3.8) is 0 Å². The summed E-state index contributed by atoms with van der Waals surface area (Å²) in [5, 5.41) is 14.7. The van der Waals surface area contributed by atoms with Crippen LogP contribution in [0, 0.1) is 13.8 Å². The molecule has 0 spiro atoms. The number of aliphatic hydroxyl groups excluding tert-OH is 1. The van der Waals surface area contributed by atoms with E-state index < -0.39 is 6.04 Å². The summed E-state index contributed by atoms with van der Waals surface area (Å²) >= 11 is 1.28. The minimum atomic E-state index is -0.513. The van der Waals surface area contributed by atoms with E-state index in [9.17, 15) is 9.90 Å². The smallest absolute Gasteiger partial charge is 0.270 e. The number of aryl methyl sites for hydroxylation is 2. The van der Waals surface area contributed by atoms with Crippen LogP contribution in [0.25, 0.3) is 5.69 Å². The third kappa shape index (κ3) is 4.03. The van der Waals surface area contributed by atoms with Gasteiger partial charge < -0.3 is 9.67 Å². The number of hydrogen-bond acceptors (Lipinski definition) is 6. The molecule has 1 N–H and O–H groups in total. The molecule has 7 nitrogen and oxygen atoms in total. The molecule has 3 aromatic heterocycles. The number of benzene rings is 1. The quantitative estimate of drug-likeness (QED) is 0.468. The Bertz CT molecular complexity index is 1300. The van der Waals surface area contributed by atoms with Gasteiger partial charge in [-0.25, -0.2) is 14.0 Å². The van der Waals surface area contributed by atoms with Gasteiger partial charge in [-0.15, -0.1) is 0 Å². The van der Waals surface area contributed by atoms with E-state index in [2.05, 4.69) is 39.6 Å². The maximum atomic E-state index is 13.4. The molecule has 164 valence electrons. The molecule has 1 aliphatic rings. The van der Waals surface area contributed by atoms with Gasteiger partial charge in [-0.05, 0) is 67.5 Å². The number of imidazole rings is 1. The molecule has 0 radical (unpaired) electrons. The first-order valence-electron chi connectivity index (χ1n) is 10.8. The van der Waals surface area contributed by atoms with Crippen LogP contribution < -0.4 is 5.56 Å². The molecule has 5 rings (SSSR count). The number of rotatable bonds is 7. The van der Waals surface area contributed by atoms with Crippen LogP contribution in [0.1, 0.15) is 57.8 Å². The van der Waals surface area contributed by atoms with Gasteiger partial charge >= 0.3 is 0 Å². The van der Waals surface area contributed by atoms with E-state index in [1.165, 1.54) is 16.2 Å². The lowest BCUT2D eigenvalue weighted by atomic mass is 10.0. The fourth-order valence-corrected chi connectivity index (χ4v) is 4.74. The fourth-order valence-electron chi connectivity index (χ4n) is 4.08. The Morgan fingerprint density at radius 1 is 1.22 bits per heavy atom. The molecule has 32 heavy (non-hydrogen) atoms. The van der Waals surface area contributed by atoms with Crippen LogP contribution in [-0.4, -0.2) is 35.4 Å². The molecule has 0 unspecified atom stereocenters. The van der Waals surface area contributed by atoms with Crippen LogP contribution in [0.3, 0.4) is 0 Å². The Hall–Kier alpha value is -3.10. The van der Waals surface area contributed by atoms with E-state index in [4.69, 9.17) is 0 Å². The van der Waals surface area contributed by atoms with Crippen molar-refractivity contribution >= 4 is 11.5 Å². The van der Waals surface area contributed by atoms with Gasteiger partial charge in [-0.3, -0.25) is 4.79 Å². The van der Waals surface area contributed by atoms with E-state index in [-0.39, 0.29) is 12.2 Å². The number of hydrogen-bond donors (Lipinski definition) is 1. The Balaban J connectivity index is 1.51. The molecule has 0 amide bonds. The molecule has 1 atom stereocenters. The highest BCUT2D eigenvalue weighted by atomic mass is 32.1. The zero-order valence-electron chi connectivity index (χ0n) is 18.1. The normalized spacial score (nSPS) is 14.6. The molecular formula is C24H25N5O2S. The molecule has 1 aliphatic carbocycles. The van der Waals surface area contributed by atoms with E-state index in [1.807, 2.05) is 36.1 Å². The van der Waals surface area contributed by atoms with Crippen molar-refractivity contribution < 1.29 is 5.11 Å². The monoisotopic (exact) mass is 447 g/mol. The van der Waals surface area contributed by atoms with E-state index in [1.54, 1.807) is 6.20 Å². The zero-order valence-corrected chi connectivity index (χ0v) is 18.9. The van der Waals surface area contributed by atoms with Crippen molar-refractivity contribution in [3.05, 3.63) is 92.4 Å². The molecule has 0 bridgehead atoms. The summed E-state index contributed by atoms with van der Waals surface area (Å²) in [5.74, 6) is 0.398. The molecule has 3 heterocycles. The van der Waals surface area contributed by atoms with Gasteiger partial charge in [0, 0.05) is 36.0 Å². The second-order valence-corrected chi connectivity index (χ2v) is 9.32. The van der Waals surface area contributed by atoms with Crippen LogP contribution in [0.15, 0.2) is 53.8 Å². The average Bonchev–Trinajstić information content (AvgIpc) is 3.32. The average molecular weight is 448 g/mol. The van der Waals surface area contributed by atoms with E-state index in [0.717, 1.165) is 45.9 Å². The first-order valence-corrected chi connectivity index (χ1v) is 11.6. The minimum absolute atomic E-state index is 0.159. The maximum absolute atomic E-state index is 13.4. The first-order chi connectivity index (χ1) is 15.5. The fraction of sp³-hybridized carbons (Fsp3) is 0.333. The molecule has 8 heteroatoms. The third-order valence-electron chi connectivity index (χ3n) is 5.92. The van der Waals surface area contributed by atoms with Gasteiger partial charge in [-0.2, -0.15) is 5.10 Å². The molecule has 1 aromatic carbocycles. The van der Waals surface area contributed by atoms with Crippen LogP contribution in [0.4, 0.5) is 0 Å². The summed E-state index contributed by atoms with van der Waals surface area (Å²) in [6, 6.07) is 9.54. The summed E-state index contributed by atoms with van der Waals surface area (Å²) in [5.41, 5.74) is 5.71. The van der Waals surface area contributed by atoms with Gasteiger partial charge in [0.25, 0.3) is 5.56 Å². The van der Waals surface area contributed by atoms with Gasteiger partial charge in [0.2, 0.25) is 0 Å². The Kier molecular flexibility index (Phi) is 5.48. The van der Waals surface area contributed by atoms with Crippen LogP contribution >= 0.6 is 11.5 Å². The molecular weight excluding hydrogens is 422 g/mol. The standard InChI is InChI=1S/C24H25N5O2S/c1-15-9-17(3-6-21(15)28-12-16(2)25-14-28)10-19-11-20(18-4-5-18)27-29(24(19)31)22(13-30)23-7-8-26-32-23/h3,6-9,11-12,14,18,22,30H,4-5,10,13H2,1-2H3/t22-/m0/s1. The Labute approximate surface area is 190 Å². The molecule has 1 saturated carbocycles.